The second kappa shape index (κ2) is 4.24. The number of benzene rings is 1. The lowest BCUT2D eigenvalue weighted by atomic mass is 10.1. The van der Waals surface area contributed by atoms with E-state index in [1.165, 1.54) is 23.2 Å². The molecule has 6 heteroatoms. The van der Waals surface area contributed by atoms with Crippen LogP contribution in [-0.4, -0.2) is 22.1 Å². The maximum Gasteiger partial charge on any atom is 0.335 e. The van der Waals surface area contributed by atoms with Gasteiger partial charge in [0.25, 0.3) is 0 Å². The SMILES string of the molecule is O=C(O)c1ccc2c(c1)N(Cc1ccno1)C(=O)C2. The molecule has 0 fully saturated rings. The van der Waals surface area contributed by atoms with E-state index in [0.717, 1.165) is 5.56 Å². The zero-order valence-corrected chi connectivity index (χ0v) is 9.87. The van der Waals surface area contributed by atoms with Crippen LogP contribution in [0.4, 0.5) is 5.69 Å². The van der Waals surface area contributed by atoms with Crippen LogP contribution in [0.3, 0.4) is 0 Å². The van der Waals surface area contributed by atoms with Gasteiger partial charge in [0.15, 0.2) is 5.76 Å². The number of aromatic nitrogens is 1. The van der Waals surface area contributed by atoms with Gasteiger partial charge in [0.1, 0.15) is 0 Å². The highest BCUT2D eigenvalue weighted by Gasteiger charge is 2.28. The Hall–Kier alpha value is -2.63. The molecule has 0 saturated carbocycles. The van der Waals surface area contributed by atoms with E-state index in [4.69, 9.17) is 9.63 Å². The molecule has 0 spiro atoms. The van der Waals surface area contributed by atoms with Crippen LogP contribution in [0, 0.1) is 0 Å². The fourth-order valence-electron chi connectivity index (χ4n) is 2.14. The Morgan fingerprint density at radius 1 is 1.42 bits per heavy atom. The summed E-state index contributed by atoms with van der Waals surface area (Å²) in [5, 5.41) is 12.6. The molecule has 1 amide bonds. The molecule has 6 nitrogen and oxygen atoms in total. The smallest absolute Gasteiger partial charge is 0.335 e. The van der Waals surface area contributed by atoms with Gasteiger partial charge in [-0.2, -0.15) is 0 Å². The Bertz CT molecular complexity index is 649. The van der Waals surface area contributed by atoms with Gasteiger partial charge in [0.2, 0.25) is 5.91 Å². The first-order valence-electron chi connectivity index (χ1n) is 5.71. The molecule has 1 aromatic carbocycles. The van der Waals surface area contributed by atoms with E-state index in [0.29, 0.717) is 11.4 Å². The normalized spacial score (nSPS) is 13.7. The van der Waals surface area contributed by atoms with Crippen LogP contribution in [0.5, 0.6) is 0 Å². The Morgan fingerprint density at radius 3 is 2.95 bits per heavy atom. The number of hydrogen-bond donors (Lipinski definition) is 1. The largest absolute Gasteiger partial charge is 0.478 e. The van der Waals surface area contributed by atoms with E-state index in [2.05, 4.69) is 5.16 Å². The third-order valence-electron chi connectivity index (χ3n) is 3.07. The minimum absolute atomic E-state index is 0.0751. The van der Waals surface area contributed by atoms with Crippen molar-refractivity contribution in [3.8, 4) is 0 Å². The van der Waals surface area contributed by atoms with E-state index in [9.17, 15) is 9.59 Å². The van der Waals surface area contributed by atoms with Gasteiger partial charge in [-0.05, 0) is 17.7 Å². The number of fused-ring (bicyclic) bond motifs is 1. The van der Waals surface area contributed by atoms with Gasteiger partial charge >= 0.3 is 5.97 Å². The van der Waals surface area contributed by atoms with Gasteiger partial charge in [-0.1, -0.05) is 11.2 Å². The fourth-order valence-corrected chi connectivity index (χ4v) is 2.14. The van der Waals surface area contributed by atoms with Gasteiger partial charge in [0, 0.05) is 11.8 Å². The van der Waals surface area contributed by atoms with Crippen molar-refractivity contribution >= 4 is 17.6 Å². The van der Waals surface area contributed by atoms with Crippen molar-refractivity contribution in [3.63, 3.8) is 0 Å². The average Bonchev–Trinajstić information content (AvgIpc) is 2.98. The number of rotatable bonds is 3. The zero-order valence-electron chi connectivity index (χ0n) is 9.87. The van der Waals surface area contributed by atoms with Crippen molar-refractivity contribution in [2.45, 2.75) is 13.0 Å². The monoisotopic (exact) mass is 258 g/mol. The minimum Gasteiger partial charge on any atom is -0.478 e. The Kier molecular flexibility index (Phi) is 2.56. The molecule has 0 saturated heterocycles. The summed E-state index contributed by atoms with van der Waals surface area (Å²) < 4.78 is 4.98. The number of nitrogens with zero attached hydrogens (tertiary/aromatic N) is 2. The van der Waals surface area contributed by atoms with Crippen LogP contribution in [0.1, 0.15) is 21.7 Å². The molecule has 0 radical (unpaired) electrons. The van der Waals surface area contributed by atoms with E-state index in [-0.39, 0.29) is 24.4 Å². The Morgan fingerprint density at radius 2 is 2.26 bits per heavy atom. The summed E-state index contributed by atoms with van der Waals surface area (Å²) in [6.45, 7) is 0.259. The second-order valence-corrected chi connectivity index (χ2v) is 4.28. The average molecular weight is 258 g/mol. The summed E-state index contributed by atoms with van der Waals surface area (Å²) in [5.41, 5.74) is 1.62. The number of anilines is 1. The standard InChI is InChI=1S/C13H10N2O4/c16-12-6-8-1-2-9(13(17)18)5-11(8)15(12)7-10-3-4-14-19-10/h1-5H,6-7H2,(H,17,18). The summed E-state index contributed by atoms with van der Waals surface area (Å²) in [5.74, 6) is -0.530. The Balaban J connectivity index is 1.97. The predicted molar refractivity (Wildman–Crippen MR) is 64.8 cm³/mol. The number of carbonyl (C=O) groups is 2. The highest BCUT2D eigenvalue weighted by molar-refractivity contribution is 6.02. The molecule has 0 unspecified atom stereocenters. The van der Waals surface area contributed by atoms with Crippen molar-refractivity contribution in [2.24, 2.45) is 0 Å². The summed E-state index contributed by atoms with van der Waals surface area (Å²) in [4.78, 5) is 24.4. The summed E-state index contributed by atoms with van der Waals surface area (Å²) in [6, 6.07) is 6.37. The molecular formula is C13H10N2O4. The molecule has 0 aliphatic carbocycles. The van der Waals surface area contributed by atoms with Crippen molar-refractivity contribution in [2.75, 3.05) is 4.90 Å². The third-order valence-corrected chi connectivity index (χ3v) is 3.07. The van der Waals surface area contributed by atoms with Crippen LogP contribution >= 0.6 is 0 Å². The van der Waals surface area contributed by atoms with Crippen LogP contribution in [0.25, 0.3) is 0 Å². The van der Waals surface area contributed by atoms with E-state index in [1.54, 1.807) is 12.1 Å². The maximum absolute atomic E-state index is 12.0. The molecule has 0 atom stereocenters. The van der Waals surface area contributed by atoms with Gasteiger partial charge < -0.3 is 14.5 Å². The first-order chi connectivity index (χ1) is 9.15. The van der Waals surface area contributed by atoms with Gasteiger partial charge in [0.05, 0.1) is 24.7 Å². The van der Waals surface area contributed by atoms with Crippen molar-refractivity contribution in [3.05, 3.63) is 47.3 Å². The lowest BCUT2D eigenvalue weighted by Crippen LogP contribution is -2.25. The minimum atomic E-state index is -1.01. The van der Waals surface area contributed by atoms with Crippen molar-refractivity contribution in [1.82, 2.24) is 5.16 Å². The molecule has 1 N–H and O–H groups in total. The molecule has 96 valence electrons. The highest BCUT2D eigenvalue weighted by Crippen LogP contribution is 2.31. The number of amides is 1. The molecule has 1 aliphatic rings. The lowest BCUT2D eigenvalue weighted by Gasteiger charge is -2.15. The molecule has 1 aromatic heterocycles. The van der Waals surface area contributed by atoms with Gasteiger partial charge in [-0.25, -0.2) is 4.79 Å². The molecule has 1 aliphatic heterocycles. The number of hydrogen-bond acceptors (Lipinski definition) is 4. The van der Waals surface area contributed by atoms with Crippen LogP contribution in [-0.2, 0) is 17.8 Å². The maximum atomic E-state index is 12.0. The Labute approximate surface area is 108 Å². The zero-order chi connectivity index (χ0) is 13.4. The lowest BCUT2D eigenvalue weighted by molar-refractivity contribution is -0.117. The molecular weight excluding hydrogens is 248 g/mol. The molecule has 0 bridgehead atoms. The summed E-state index contributed by atoms with van der Waals surface area (Å²) in [6.07, 6.45) is 1.79. The predicted octanol–water partition coefficient (Wildman–Crippen LogP) is 1.46. The summed E-state index contributed by atoms with van der Waals surface area (Å²) >= 11 is 0. The fraction of sp³-hybridized carbons (Fsp3) is 0.154. The number of carboxylic acids is 1. The second-order valence-electron chi connectivity index (χ2n) is 4.28. The molecule has 19 heavy (non-hydrogen) atoms. The first-order valence-corrected chi connectivity index (χ1v) is 5.71. The van der Waals surface area contributed by atoms with Gasteiger partial charge in [-0.15, -0.1) is 0 Å². The van der Waals surface area contributed by atoms with E-state index in [1.807, 2.05) is 0 Å². The quantitative estimate of drug-likeness (QED) is 0.901. The highest BCUT2D eigenvalue weighted by atomic mass is 16.5. The van der Waals surface area contributed by atoms with Crippen LogP contribution in [0.15, 0.2) is 35.0 Å². The van der Waals surface area contributed by atoms with Crippen LogP contribution in [0.2, 0.25) is 0 Å². The number of carboxylic acid groups (broad SMARTS) is 1. The van der Waals surface area contributed by atoms with Crippen molar-refractivity contribution < 1.29 is 19.2 Å². The van der Waals surface area contributed by atoms with E-state index < -0.39 is 5.97 Å². The van der Waals surface area contributed by atoms with Gasteiger partial charge in [-0.3, -0.25) is 4.79 Å². The molecule has 2 heterocycles. The summed E-state index contributed by atoms with van der Waals surface area (Å²) in [7, 11) is 0. The number of aromatic carboxylic acids is 1. The third kappa shape index (κ3) is 1.97. The number of carbonyl (C=O) groups excluding carboxylic acids is 1. The topological polar surface area (TPSA) is 83.6 Å². The molecule has 2 aromatic rings. The van der Waals surface area contributed by atoms with Crippen molar-refractivity contribution in [1.29, 1.82) is 0 Å². The molecule has 3 rings (SSSR count). The van der Waals surface area contributed by atoms with Crippen LogP contribution < -0.4 is 4.90 Å². The van der Waals surface area contributed by atoms with E-state index >= 15 is 0 Å². The first kappa shape index (κ1) is 11.5.